The van der Waals surface area contributed by atoms with Gasteiger partial charge in [0.1, 0.15) is 0 Å². The standard InChI is InChI=1S/C6H8OS/c1-8-6-4-2-3-5-7/h2-3,7H,5H2,1H3/b3-2+. The summed E-state index contributed by atoms with van der Waals surface area (Å²) < 4.78 is 0. The second kappa shape index (κ2) is 6.61. The lowest BCUT2D eigenvalue weighted by Gasteiger charge is -1.69. The highest BCUT2D eigenvalue weighted by molar-refractivity contribution is 8.03. The molecular formula is C6H8OS. The van der Waals surface area contributed by atoms with E-state index in [4.69, 9.17) is 5.11 Å². The minimum Gasteiger partial charge on any atom is -0.392 e. The second-order valence-corrected chi connectivity index (χ2v) is 1.65. The monoisotopic (exact) mass is 128 g/mol. The normalized spacial score (nSPS) is 8.75. The van der Waals surface area contributed by atoms with Gasteiger partial charge in [0.05, 0.1) is 6.61 Å². The van der Waals surface area contributed by atoms with E-state index in [1.807, 2.05) is 6.26 Å². The van der Waals surface area contributed by atoms with Gasteiger partial charge in [-0.25, -0.2) is 0 Å². The summed E-state index contributed by atoms with van der Waals surface area (Å²) in [7, 11) is 0. The summed E-state index contributed by atoms with van der Waals surface area (Å²) in [6.07, 6.45) is 5.14. The summed E-state index contributed by atoms with van der Waals surface area (Å²) in [5, 5.41) is 11.0. The molecule has 0 bridgehead atoms. The van der Waals surface area contributed by atoms with Crippen LogP contribution in [0.5, 0.6) is 0 Å². The van der Waals surface area contributed by atoms with E-state index >= 15 is 0 Å². The Bertz CT molecular complexity index is 118. The van der Waals surface area contributed by atoms with Crippen molar-refractivity contribution >= 4 is 11.8 Å². The molecule has 1 N–H and O–H groups in total. The fourth-order valence-electron chi connectivity index (χ4n) is 0.205. The summed E-state index contributed by atoms with van der Waals surface area (Å²) in [5.74, 6) is 2.71. The highest BCUT2D eigenvalue weighted by atomic mass is 32.2. The van der Waals surface area contributed by atoms with Crippen LogP contribution in [0.3, 0.4) is 0 Å². The molecule has 0 aromatic heterocycles. The first kappa shape index (κ1) is 7.61. The molecule has 0 aliphatic rings. The van der Waals surface area contributed by atoms with Crippen LogP contribution in [0.15, 0.2) is 12.2 Å². The highest BCUT2D eigenvalue weighted by Gasteiger charge is 1.60. The molecule has 0 unspecified atom stereocenters. The van der Waals surface area contributed by atoms with E-state index in [0.717, 1.165) is 0 Å². The first-order valence-electron chi connectivity index (χ1n) is 2.21. The van der Waals surface area contributed by atoms with Crippen molar-refractivity contribution < 1.29 is 5.11 Å². The van der Waals surface area contributed by atoms with Crippen molar-refractivity contribution in [3.8, 4) is 11.2 Å². The quantitative estimate of drug-likeness (QED) is 0.528. The number of hydrogen-bond acceptors (Lipinski definition) is 2. The van der Waals surface area contributed by atoms with Gasteiger partial charge in [-0.05, 0) is 17.6 Å². The van der Waals surface area contributed by atoms with Crippen LogP contribution in [0, 0.1) is 11.2 Å². The minimum absolute atomic E-state index is 0.0725. The van der Waals surface area contributed by atoms with E-state index in [2.05, 4.69) is 11.2 Å². The molecule has 0 saturated carbocycles. The van der Waals surface area contributed by atoms with Crippen molar-refractivity contribution in [1.82, 2.24) is 0 Å². The van der Waals surface area contributed by atoms with Crippen molar-refractivity contribution in [1.29, 1.82) is 0 Å². The molecule has 44 valence electrons. The Kier molecular flexibility index (Phi) is 6.29. The molecule has 0 heterocycles. The molecule has 2 heteroatoms. The molecule has 0 fully saturated rings. The van der Waals surface area contributed by atoms with Crippen LogP contribution in [0.25, 0.3) is 0 Å². The van der Waals surface area contributed by atoms with Crippen molar-refractivity contribution in [2.75, 3.05) is 12.9 Å². The van der Waals surface area contributed by atoms with Crippen molar-refractivity contribution in [2.24, 2.45) is 0 Å². The maximum Gasteiger partial charge on any atom is 0.0621 e. The van der Waals surface area contributed by atoms with Gasteiger partial charge < -0.3 is 5.11 Å². The van der Waals surface area contributed by atoms with Gasteiger partial charge >= 0.3 is 0 Å². The molecule has 0 atom stereocenters. The molecule has 0 aliphatic heterocycles. The topological polar surface area (TPSA) is 20.2 Å². The van der Waals surface area contributed by atoms with Crippen LogP contribution >= 0.6 is 11.8 Å². The number of rotatable bonds is 1. The average molecular weight is 128 g/mol. The second-order valence-electron chi connectivity index (χ2n) is 1.04. The molecule has 0 aliphatic carbocycles. The zero-order valence-corrected chi connectivity index (χ0v) is 5.53. The van der Waals surface area contributed by atoms with Crippen molar-refractivity contribution in [2.45, 2.75) is 0 Å². The van der Waals surface area contributed by atoms with E-state index in [1.165, 1.54) is 11.8 Å². The number of hydrogen-bond donors (Lipinski definition) is 1. The zero-order chi connectivity index (χ0) is 6.24. The van der Waals surface area contributed by atoms with Crippen LogP contribution in [0.1, 0.15) is 0 Å². The average Bonchev–Trinajstić information content (AvgIpc) is 1.81. The first-order valence-corrected chi connectivity index (χ1v) is 3.43. The summed E-state index contributed by atoms with van der Waals surface area (Å²) in [4.78, 5) is 0. The summed E-state index contributed by atoms with van der Waals surface area (Å²) in [5.41, 5.74) is 0. The van der Waals surface area contributed by atoms with E-state index in [-0.39, 0.29) is 6.61 Å². The summed E-state index contributed by atoms with van der Waals surface area (Å²) in [6, 6.07) is 0. The Morgan fingerprint density at radius 3 is 3.00 bits per heavy atom. The van der Waals surface area contributed by atoms with Gasteiger partial charge in [0.2, 0.25) is 0 Å². The van der Waals surface area contributed by atoms with Crippen LogP contribution in [-0.2, 0) is 0 Å². The molecule has 0 aromatic rings. The maximum absolute atomic E-state index is 8.20. The summed E-state index contributed by atoms with van der Waals surface area (Å²) >= 11 is 1.46. The Morgan fingerprint density at radius 2 is 2.50 bits per heavy atom. The van der Waals surface area contributed by atoms with Gasteiger partial charge in [-0.15, -0.1) is 0 Å². The molecular weight excluding hydrogens is 120 g/mol. The van der Waals surface area contributed by atoms with Gasteiger partial charge in [0.25, 0.3) is 0 Å². The molecule has 0 aromatic carbocycles. The molecule has 1 nitrogen and oxygen atoms in total. The fourth-order valence-corrected chi connectivity index (χ4v) is 0.390. The zero-order valence-electron chi connectivity index (χ0n) is 4.72. The predicted octanol–water partition coefficient (Wildman–Crippen LogP) is 0.859. The van der Waals surface area contributed by atoms with E-state index < -0.39 is 0 Å². The Hall–Kier alpha value is -0.390. The number of aliphatic hydroxyl groups excluding tert-OH is 1. The molecule has 0 rings (SSSR count). The van der Waals surface area contributed by atoms with Crippen molar-refractivity contribution in [3.63, 3.8) is 0 Å². The lowest BCUT2D eigenvalue weighted by molar-refractivity contribution is 0.343. The van der Waals surface area contributed by atoms with Crippen LogP contribution in [-0.4, -0.2) is 18.0 Å². The minimum atomic E-state index is 0.0725. The molecule has 0 amide bonds. The van der Waals surface area contributed by atoms with E-state index in [9.17, 15) is 0 Å². The SMILES string of the molecule is CSC#C/C=C/CO. The predicted molar refractivity (Wildman–Crippen MR) is 37.5 cm³/mol. The lowest BCUT2D eigenvalue weighted by Crippen LogP contribution is -1.67. The third-order valence-corrected chi connectivity index (χ3v) is 0.790. The number of allylic oxidation sites excluding steroid dienone is 1. The van der Waals surface area contributed by atoms with Gasteiger partial charge in [-0.3, -0.25) is 0 Å². The van der Waals surface area contributed by atoms with Crippen molar-refractivity contribution in [3.05, 3.63) is 12.2 Å². The molecule has 0 spiro atoms. The smallest absolute Gasteiger partial charge is 0.0621 e. The van der Waals surface area contributed by atoms with Gasteiger partial charge in [-0.1, -0.05) is 23.8 Å². The molecule has 8 heavy (non-hydrogen) atoms. The Balaban J connectivity index is 3.26. The van der Waals surface area contributed by atoms with Crippen LogP contribution < -0.4 is 0 Å². The lowest BCUT2D eigenvalue weighted by atomic mass is 10.5. The van der Waals surface area contributed by atoms with E-state index in [1.54, 1.807) is 12.2 Å². The summed E-state index contributed by atoms with van der Waals surface area (Å²) in [6.45, 7) is 0.0725. The van der Waals surface area contributed by atoms with Gasteiger partial charge in [0, 0.05) is 0 Å². The number of thioether (sulfide) groups is 1. The fraction of sp³-hybridized carbons (Fsp3) is 0.333. The third-order valence-electron chi connectivity index (χ3n) is 0.468. The largest absolute Gasteiger partial charge is 0.392 e. The van der Waals surface area contributed by atoms with Gasteiger partial charge in [-0.2, -0.15) is 0 Å². The molecule has 0 saturated heterocycles. The Labute approximate surface area is 53.8 Å². The Morgan fingerprint density at radius 1 is 1.75 bits per heavy atom. The maximum atomic E-state index is 8.20. The first-order chi connectivity index (χ1) is 3.91. The van der Waals surface area contributed by atoms with Gasteiger partial charge in [0.15, 0.2) is 0 Å². The third kappa shape index (κ3) is 5.61. The molecule has 0 radical (unpaired) electrons. The van der Waals surface area contributed by atoms with Crippen LogP contribution in [0.4, 0.5) is 0 Å². The number of aliphatic hydroxyl groups is 1. The highest BCUT2D eigenvalue weighted by Crippen LogP contribution is 1.82. The van der Waals surface area contributed by atoms with E-state index in [0.29, 0.717) is 0 Å². The van der Waals surface area contributed by atoms with Crippen LogP contribution in [0.2, 0.25) is 0 Å².